The van der Waals surface area contributed by atoms with Gasteiger partial charge in [0.05, 0.1) is 32.8 Å². The molecule has 3 heteroatoms. The highest BCUT2D eigenvalue weighted by molar-refractivity contribution is 6.29. The van der Waals surface area contributed by atoms with Gasteiger partial charge in [0.15, 0.2) is 0 Å². The van der Waals surface area contributed by atoms with Gasteiger partial charge in [0, 0.05) is 43.7 Å². The average Bonchev–Trinajstić information content (AvgIpc) is 3.99. The first kappa shape index (κ1) is 31.4. The molecule has 11 aromatic rings. The van der Waals surface area contributed by atoms with Gasteiger partial charge in [-0.3, -0.25) is 0 Å². The first-order chi connectivity index (χ1) is 27.8. The molecule has 3 aromatic heterocycles. The van der Waals surface area contributed by atoms with Gasteiger partial charge in [-0.2, -0.15) is 0 Å². The Kier molecular flexibility index (Phi) is 5.78. The number of aromatic nitrogens is 2. The molecule has 0 saturated carbocycles. The van der Waals surface area contributed by atoms with Crippen LogP contribution >= 0.6 is 0 Å². The maximum atomic E-state index is 7.27. The maximum absolute atomic E-state index is 7.27. The smallest absolute Gasteiger partial charge is 0.145 e. The molecule has 2 aliphatic rings. The van der Waals surface area contributed by atoms with E-state index in [2.05, 4.69) is 195 Å². The first-order valence-electron chi connectivity index (χ1n) is 20.1. The summed E-state index contributed by atoms with van der Waals surface area (Å²) in [5.41, 5.74) is 19.6. The maximum Gasteiger partial charge on any atom is 0.145 e. The molecule has 0 amide bonds. The number of para-hydroxylation sites is 2. The van der Waals surface area contributed by atoms with Crippen molar-refractivity contribution in [2.75, 3.05) is 0 Å². The molecule has 0 spiro atoms. The van der Waals surface area contributed by atoms with Crippen LogP contribution < -0.4 is 0 Å². The minimum Gasteiger partial charge on any atom is -0.455 e. The second-order valence-corrected chi connectivity index (χ2v) is 17.3. The molecular formula is C54H38N2O. The molecular weight excluding hydrogens is 693 g/mol. The molecule has 0 unspecified atom stereocenters. The van der Waals surface area contributed by atoms with Gasteiger partial charge in [0.25, 0.3) is 0 Å². The molecule has 270 valence electrons. The Labute approximate surface area is 330 Å². The van der Waals surface area contributed by atoms with Crippen molar-refractivity contribution >= 4 is 65.6 Å². The van der Waals surface area contributed by atoms with E-state index in [1.165, 1.54) is 77.7 Å². The van der Waals surface area contributed by atoms with Crippen LogP contribution in [0.3, 0.4) is 0 Å². The second-order valence-electron chi connectivity index (χ2n) is 17.3. The standard InChI is InChI=1S/C54H38N2O/c1-53(2)41-17-9-5-13-33(41)35-23-21-31(29-43(35)53)55-45-19-11-7-15-39(45)49-47(55)27-25-37-38-26-28-48-50(52(38)57-51(37)49)40-16-8-12-20-46(40)56(48)32-22-24-36-34-14-6-10-18-42(34)54(3,4)44(36)30-32/h5-30H,1-4H3. The lowest BCUT2D eigenvalue weighted by Crippen LogP contribution is -2.15. The minimum atomic E-state index is -0.0851. The number of hydrogen-bond acceptors (Lipinski definition) is 1. The molecule has 0 atom stereocenters. The number of furan rings is 1. The molecule has 2 aliphatic carbocycles. The van der Waals surface area contributed by atoms with E-state index in [9.17, 15) is 0 Å². The van der Waals surface area contributed by atoms with Crippen LogP contribution in [0.5, 0.6) is 0 Å². The third-order valence-electron chi connectivity index (χ3n) is 13.7. The number of hydrogen-bond donors (Lipinski definition) is 0. The van der Waals surface area contributed by atoms with E-state index < -0.39 is 0 Å². The Morgan fingerprint density at radius 3 is 1.23 bits per heavy atom. The Balaban J connectivity index is 1.06. The van der Waals surface area contributed by atoms with E-state index in [1.807, 2.05) is 0 Å². The average molecular weight is 731 g/mol. The summed E-state index contributed by atoms with van der Waals surface area (Å²) in [6.07, 6.45) is 0. The van der Waals surface area contributed by atoms with Crippen LogP contribution in [0, 0.1) is 0 Å². The summed E-state index contributed by atoms with van der Waals surface area (Å²) in [6.45, 7) is 9.42. The number of fused-ring (bicyclic) bond motifs is 17. The Hall–Kier alpha value is -6.84. The summed E-state index contributed by atoms with van der Waals surface area (Å²) < 4.78 is 12.1. The highest BCUT2D eigenvalue weighted by atomic mass is 16.3. The van der Waals surface area contributed by atoms with Crippen LogP contribution in [0.25, 0.3) is 99.2 Å². The van der Waals surface area contributed by atoms with Crippen LogP contribution in [-0.2, 0) is 10.8 Å². The number of nitrogens with zero attached hydrogens (tertiary/aromatic N) is 2. The predicted molar refractivity (Wildman–Crippen MR) is 238 cm³/mol. The van der Waals surface area contributed by atoms with Crippen molar-refractivity contribution < 1.29 is 4.42 Å². The molecule has 0 aliphatic heterocycles. The zero-order valence-electron chi connectivity index (χ0n) is 32.3. The second kappa shape index (κ2) is 10.5. The van der Waals surface area contributed by atoms with Gasteiger partial charge >= 0.3 is 0 Å². The van der Waals surface area contributed by atoms with Crippen molar-refractivity contribution in [3.8, 4) is 33.6 Å². The van der Waals surface area contributed by atoms with Gasteiger partial charge < -0.3 is 13.6 Å². The highest BCUT2D eigenvalue weighted by Gasteiger charge is 2.37. The summed E-state index contributed by atoms with van der Waals surface area (Å²) in [6, 6.07) is 58.6. The molecule has 3 nitrogen and oxygen atoms in total. The predicted octanol–water partition coefficient (Wildman–Crippen LogP) is 14.4. The van der Waals surface area contributed by atoms with Gasteiger partial charge in [-0.25, -0.2) is 0 Å². The molecule has 0 fully saturated rings. The third kappa shape index (κ3) is 3.82. The number of rotatable bonds is 2. The molecule has 0 N–H and O–H groups in total. The topological polar surface area (TPSA) is 23.0 Å². The van der Waals surface area contributed by atoms with E-state index >= 15 is 0 Å². The van der Waals surface area contributed by atoms with Crippen LogP contribution in [0.4, 0.5) is 0 Å². The first-order valence-corrected chi connectivity index (χ1v) is 20.1. The van der Waals surface area contributed by atoms with Crippen LogP contribution in [0.2, 0.25) is 0 Å². The molecule has 8 aromatic carbocycles. The summed E-state index contributed by atoms with van der Waals surface area (Å²) in [5, 5.41) is 6.98. The molecule has 57 heavy (non-hydrogen) atoms. The van der Waals surface area contributed by atoms with Gasteiger partial charge in [-0.15, -0.1) is 0 Å². The SMILES string of the molecule is CC1(C)c2ccccc2-c2ccc(-n3c4ccccc4c4c5oc6c(ccc7c6c6ccccc6n7-c6ccc7c(c6)C(C)(C)c6ccccc6-7)c5ccc43)cc21. The van der Waals surface area contributed by atoms with Crippen molar-refractivity contribution in [3.05, 3.63) is 180 Å². The van der Waals surface area contributed by atoms with E-state index in [-0.39, 0.29) is 10.8 Å². The zero-order valence-corrected chi connectivity index (χ0v) is 32.3. The van der Waals surface area contributed by atoms with Crippen molar-refractivity contribution in [1.82, 2.24) is 9.13 Å². The Morgan fingerprint density at radius 1 is 0.351 bits per heavy atom. The Morgan fingerprint density at radius 2 is 0.754 bits per heavy atom. The van der Waals surface area contributed by atoms with Gasteiger partial charge in [-0.05, 0) is 105 Å². The fourth-order valence-corrected chi connectivity index (χ4v) is 11.0. The number of benzene rings is 8. The van der Waals surface area contributed by atoms with Gasteiger partial charge in [-0.1, -0.05) is 125 Å². The lowest BCUT2D eigenvalue weighted by Gasteiger charge is -2.22. The normalized spacial score (nSPS) is 14.9. The van der Waals surface area contributed by atoms with Crippen molar-refractivity contribution in [1.29, 1.82) is 0 Å². The molecule has 0 bridgehead atoms. The highest BCUT2D eigenvalue weighted by Crippen LogP contribution is 2.52. The van der Waals surface area contributed by atoms with Crippen molar-refractivity contribution in [3.63, 3.8) is 0 Å². The van der Waals surface area contributed by atoms with E-state index in [0.717, 1.165) is 43.7 Å². The molecule has 0 radical (unpaired) electrons. The summed E-state index contributed by atoms with van der Waals surface area (Å²) in [7, 11) is 0. The summed E-state index contributed by atoms with van der Waals surface area (Å²) >= 11 is 0. The molecule has 0 saturated heterocycles. The summed E-state index contributed by atoms with van der Waals surface area (Å²) in [4.78, 5) is 0. The van der Waals surface area contributed by atoms with E-state index in [1.54, 1.807) is 0 Å². The summed E-state index contributed by atoms with van der Waals surface area (Å²) in [5.74, 6) is 0. The quantitative estimate of drug-likeness (QED) is 0.174. The van der Waals surface area contributed by atoms with Crippen LogP contribution in [0.15, 0.2) is 162 Å². The third-order valence-corrected chi connectivity index (χ3v) is 13.7. The molecule has 13 rings (SSSR count). The zero-order chi connectivity index (χ0) is 37.9. The van der Waals surface area contributed by atoms with Crippen LogP contribution in [-0.4, -0.2) is 9.13 Å². The molecule has 3 heterocycles. The van der Waals surface area contributed by atoms with E-state index in [4.69, 9.17) is 4.42 Å². The monoisotopic (exact) mass is 730 g/mol. The Bertz CT molecular complexity index is 3350. The fourth-order valence-electron chi connectivity index (χ4n) is 11.0. The van der Waals surface area contributed by atoms with Gasteiger partial charge in [0.2, 0.25) is 0 Å². The lowest BCUT2D eigenvalue weighted by molar-refractivity contribution is 0.660. The lowest BCUT2D eigenvalue weighted by atomic mass is 9.82. The van der Waals surface area contributed by atoms with Crippen molar-refractivity contribution in [2.24, 2.45) is 0 Å². The largest absolute Gasteiger partial charge is 0.455 e. The minimum absolute atomic E-state index is 0.0851. The van der Waals surface area contributed by atoms with Crippen molar-refractivity contribution in [2.45, 2.75) is 38.5 Å². The van der Waals surface area contributed by atoms with E-state index in [0.29, 0.717) is 0 Å². The van der Waals surface area contributed by atoms with Gasteiger partial charge in [0.1, 0.15) is 11.2 Å². The van der Waals surface area contributed by atoms with Crippen LogP contribution in [0.1, 0.15) is 49.9 Å². The fraction of sp³-hybridized carbons (Fsp3) is 0.111.